The van der Waals surface area contributed by atoms with Crippen LogP contribution in [0.4, 0.5) is 13.2 Å². The monoisotopic (exact) mass is 440 g/mol. The van der Waals surface area contributed by atoms with E-state index in [4.69, 9.17) is 4.74 Å². The first kappa shape index (κ1) is 21.4. The van der Waals surface area contributed by atoms with E-state index in [1.54, 1.807) is 20.1 Å². The Balaban J connectivity index is 1.61. The number of alkyl halides is 3. The summed E-state index contributed by atoms with van der Waals surface area (Å²) in [4.78, 5) is 17.0. The average Bonchev–Trinajstić information content (AvgIpc) is 3.22. The molecule has 1 N–H and O–H groups in total. The normalized spacial score (nSPS) is 11.5. The highest BCUT2D eigenvalue weighted by Crippen LogP contribution is 2.33. The van der Waals surface area contributed by atoms with Gasteiger partial charge in [0.25, 0.3) is 5.91 Å². The third-order valence-electron chi connectivity index (χ3n) is 5.10. The van der Waals surface area contributed by atoms with Crippen molar-refractivity contribution < 1.29 is 22.7 Å². The summed E-state index contributed by atoms with van der Waals surface area (Å²) in [5, 5.41) is 7.08. The Hall–Kier alpha value is -3.88. The van der Waals surface area contributed by atoms with Crippen LogP contribution >= 0.6 is 0 Å². The molecule has 6 nitrogen and oxygen atoms in total. The predicted molar refractivity (Wildman–Crippen MR) is 112 cm³/mol. The third-order valence-corrected chi connectivity index (χ3v) is 5.10. The SMILES string of the molecule is COc1cccc(CNC(=O)c2cnc3c(-c4cccc(C(F)(F)F)c4)cnn3c2C)c1. The highest BCUT2D eigenvalue weighted by Gasteiger charge is 2.30. The van der Waals surface area contributed by atoms with E-state index in [-0.39, 0.29) is 5.91 Å². The Morgan fingerprint density at radius 2 is 1.91 bits per heavy atom. The highest BCUT2D eigenvalue weighted by molar-refractivity contribution is 5.95. The highest BCUT2D eigenvalue weighted by atomic mass is 19.4. The number of aryl methyl sites for hydroxylation is 1. The molecule has 0 radical (unpaired) electrons. The summed E-state index contributed by atoms with van der Waals surface area (Å²) in [6.45, 7) is 2.00. The molecule has 0 aliphatic carbocycles. The number of amides is 1. The summed E-state index contributed by atoms with van der Waals surface area (Å²) in [5.41, 5.74) is 2.12. The summed E-state index contributed by atoms with van der Waals surface area (Å²) in [6, 6.07) is 12.3. The first-order valence-electron chi connectivity index (χ1n) is 9.70. The van der Waals surface area contributed by atoms with Gasteiger partial charge in [0.1, 0.15) is 5.75 Å². The number of ether oxygens (including phenoxy) is 1. The number of aromatic nitrogens is 3. The second kappa shape index (κ2) is 8.33. The number of rotatable bonds is 5. The molecule has 2 aromatic carbocycles. The van der Waals surface area contributed by atoms with E-state index in [1.807, 2.05) is 24.3 Å². The van der Waals surface area contributed by atoms with Gasteiger partial charge in [0.15, 0.2) is 5.65 Å². The fourth-order valence-electron chi connectivity index (χ4n) is 3.39. The van der Waals surface area contributed by atoms with Crippen molar-refractivity contribution in [1.29, 1.82) is 0 Å². The first-order chi connectivity index (χ1) is 15.3. The zero-order valence-electron chi connectivity index (χ0n) is 17.3. The molecule has 1 amide bonds. The van der Waals surface area contributed by atoms with Crippen LogP contribution in [0.15, 0.2) is 60.9 Å². The minimum atomic E-state index is -4.45. The molecular formula is C23H19F3N4O2. The molecule has 0 saturated carbocycles. The molecular weight excluding hydrogens is 421 g/mol. The van der Waals surface area contributed by atoms with Crippen molar-refractivity contribution in [2.75, 3.05) is 7.11 Å². The van der Waals surface area contributed by atoms with E-state index >= 15 is 0 Å². The fraction of sp³-hybridized carbons (Fsp3) is 0.174. The summed E-state index contributed by atoms with van der Waals surface area (Å²) < 4.78 is 45.9. The number of nitrogens with one attached hydrogen (secondary N) is 1. The van der Waals surface area contributed by atoms with E-state index in [9.17, 15) is 18.0 Å². The van der Waals surface area contributed by atoms with E-state index in [2.05, 4.69) is 15.4 Å². The topological polar surface area (TPSA) is 68.5 Å². The van der Waals surface area contributed by atoms with E-state index in [0.717, 1.165) is 17.7 Å². The van der Waals surface area contributed by atoms with E-state index < -0.39 is 11.7 Å². The lowest BCUT2D eigenvalue weighted by atomic mass is 10.1. The number of carbonyl (C=O) groups is 1. The molecule has 9 heteroatoms. The molecule has 0 spiro atoms. The van der Waals surface area contributed by atoms with Crippen LogP contribution in [-0.2, 0) is 12.7 Å². The Bertz CT molecular complexity index is 1300. The number of nitrogens with zero attached hydrogens (tertiary/aromatic N) is 3. The van der Waals surface area contributed by atoms with Crippen molar-refractivity contribution in [2.24, 2.45) is 0 Å². The van der Waals surface area contributed by atoms with Crippen molar-refractivity contribution in [1.82, 2.24) is 19.9 Å². The molecule has 32 heavy (non-hydrogen) atoms. The maximum atomic E-state index is 13.1. The van der Waals surface area contributed by atoms with Gasteiger partial charge in [0, 0.05) is 18.3 Å². The molecule has 0 saturated heterocycles. The van der Waals surface area contributed by atoms with Gasteiger partial charge in [-0.3, -0.25) is 4.79 Å². The number of hydrogen-bond acceptors (Lipinski definition) is 4. The Morgan fingerprint density at radius 1 is 1.12 bits per heavy atom. The van der Waals surface area contributed by atoms with E-state index in [1.165, 1.54) is 23.0 Å². The lowest BCUT2D eigenvalue weighted by Gasteiger charge is -2.10. The maximum absolute atomic E-state index is 13.1. The maximum Gasteiger partial charge on any atom is 0.416 e. The van der Waals surface area contributed by atoms with Gasteiger partial charge in [-0.05, 0) is 42.3 Å². The van der Waals surface area contributed by atoms with Crippen LogP contribution in [0.1, 0.15) is 27.2 Å². The van der Waals surface area contributed by atoms with Crippen molar-refractivity contribution in [2.45, 2.75) is 19.6 Å². The molecule has 164 valence electrons. The van der Waals surface area contributed by atoms with E-state index in [0.29, 0.717) is 40.3 Å². The number of hydrogen-bond donors (Lipinski definition) is 1. The van der Waals surface area contributed by atoms with Gasteiger partial charge in [0.2, 0.25) is 0 Å². The average molecular weight is 440 g/mol. The molecule has 4 rings (SSSR count). The molecule has 4 aromatic rings. The molecule has 0 aliphatic heterocycles. The van der Waals surface area contributed by atoms with Crippen molar-refractivity contribution >= 4 is 11.6 Å². The summed E-state index contributed by atoms with van der Waals surface area (Å²) in [6.07, 6.45) is -1.59. The number of benzene rings is 2. The minimum Gasteiger partial charge on any atom is -0.497 e. The molecule has 0 fully saturated rings. The Kier molecular flexibility index (Phi) is 5.56. The Labute approximate surface area is 181 Å². The van der Waals surface area contributed by atoms with Gasteiger partial charge in [-0.1, -0.05) is 24.3 Å². The number of carbonyl (C=O) groups excluding carboxylic acids is 1. The number of methoxy groups -OCH3 is 1. The predicted octanol–water partition coefficient (Wildman–Crippen LogP) is 4.66. The molecule has 2 heterocycles. The van der Waals surface area contributed by atoms with Crippen LogP contribution in [0, 0.1) is 6.92 Å². The summed E-state index contributed by atoms with van der Waals surface area (Å²) >= 11 is 0. The smallest absolute Gasteiger partial charge is 0.416 e. The quantitative estimate of drug-likeness (QED) is 0.490. The zero-order chi connectivity index (χ0) is 22.9. The van der Waals surface area contributed by atoms with Gasteiger partial charge in [0.05, 0.1) is 30.1 Å². The molecule has 0 bridgehead atoms. The van der Waals surface area contributed by atoms with Gasteiger partial charge in [-0.25, -0.2) is 9.50 Å². The fourth-order valence-corrected chi connectivity index (χ4v) is 3.39. The Morgan fingerprint density at radius 3 is 2.66 bits per heavy atom. The second-order valence-corrected chi connectivity index (χ2v) is 7.16. The van der Waals surface area contributed by atoms with Gasteiger partial charge in [-0.15, -0.1) is 0 Å². The van der Waals surface area contributed by atoms with Crippen LogP contribution in [0.25, 0.3) is 16.8 Å². The van der Waals surface area contributed by atoms with Crippen LogP contribution in [0.3, 0.4) is 0 Å². The van der Waals surface area contributed by atoms with Crippen molar-refractivity contribution in [3.8, 4) is 16.9 Å². The van der Waals surface area contributed by atoms with Crippen LogP contribution in [0.5, 0.6) is 5.75 Å². The number of halogens is 3. The number of fused-ring (bicyclic) bond motifs is 1. The standard InChI is InChI=1S/C23H19F3N4O2/c1-14-19(22(31)28-11-15-5-3-8-18(9-15)32-2)12-27-21-20(13-29-30(14)21)16-6-4-7-17(10-16)23(24,25)26/h3-10,12-13H,11H2,1-2H3,(H,28,31). The molecule has 2 aromatic heterocycles. The lowest BCUT2D eigenvalue weighted by Crippen LogP contribution is -2.24. The third kappa shape index (κ3) is 4.14. The van der Waals surface area contributed by atoms with Crippen LogP contribution < -0.4 is 10.1 Å². The second-order valence-electron chi connectivity index (χ2n) is 7.16. The van der Waals surface area contributed by atoms with Crippen LogP contribution in [-0.4, -0.2) is 27.6 Å². The summed E-state index contributed by atoms with van der Waals surface area (Å²) in [7, 11) is 1.57. The van der Waals surface area contributed by atoms with Gasteiger partial charge in [-0.2, -0.15) is 18.3 Å². The molecule has 0 unspecified atom stereocenters. The largest absolute Gasteiger partial charge is 0.497 e. The molecule has 0 aliphatic rings. The molecule has 0 atom stereocenters. The lowest BCUT2D eigenvalue weighted by molar-refractivity contribution is -0.137. The summed E-state index contributed by atoms with van der Waals surface area (Å²) in [5.74, 6) is 0.352. The van der Waals surface area contributed by atoms with Gasteiger partial charge >= 0.3 is 6.18 Å². The van der Waals surface area contributed by atoms with Crippen LogP contribution in [0.2, 0.25) is 0 Å². The van der Waals surface area contributed by atoms with Crippen molar-refractivity contribution in [3.63, 3.8) is 0 Å². The van der Waals surface area contributed by atoms with Crippen molar-refractivity contribution in [3.05, 3.63) is 83.3 Å². The minimum absolute atomic E-state index is 0.294. The first-order valence-corrected chi connectivity index (χ1v) is 9.70. The van der Waals surface area contributed by atoms with Gasteiger partial charge < -0.3 is 10.1 Å². The zero-order valence-corrected chi connectivity index (χ0v) is 17.3.